The Balaban J connectivity index is 1.96. The first-order valence-electron chi connectivity index (χ1n) is 5.19. The van der Waals surface area contributed by atoms with Gasteiger partial charge in [-0.3, -0.25) is 4.99 Å². The molecule has 0 bridgehead atoms. The van der Waals surface area contributed by atoms with E-state index in [0.29, 0.717) is 0 Å². The molecule has 0 saturated heterocycles. The second-order valence-electron chi connectivity index (χ2n) is 3.86. The van der Waals surface area contributed by atoms with E-state index in [4.69, 9.17) is 0 Å². The lowest BCUT2D eigenvalue weighted by Crippen LogP contribution is -1.99. The smallest absolute Gasteiger partial charge is 0.0394 e. The van der Waals surface area contributed by atoms with Crippen LogP contribution in [-0.4, -0.2) is 6.21 Å². The third kappa shape index (κ3) is 1.77. The van der Waals surface area contributed by atoms with Gasteiger partial charge in [0.2, 0.25) is 0 Å². The van der Waals surface area contributed by atoms with Crippen LogP contribution in [0.2, 0.25) is 0 Å². The molecule has 0 radical (unpaired) electrons. The van der Waals surface area contributed by atoms with Gasteiger partial charge in [0.1, 0.15) is 0 Å². The van der Waals surface area contributed by atoms with Crippen molar-refractivity contribution in [1.29, 1.82) is 0 Å². The summed E-state index contributed by atoms with van der Waals surface area (Å²) in [5.41, 5.74) is 1.39. The predicted molar refractivity (Wildman–Crippen MR) is 52.4 cm³/mol. The van der Waals surface area contributed by atoms with Crippen LogP contribution in [0.25, 0.3) is 0 Å². The van der Waals surface area contributed by atoms with Gasteiger partial charge in [-0.1, -0.05) is 31.8 Å². The topological polar surface area (TPSA) is 12.4 Å². The highest BCUT2D eigenvalue weighted by molar-refractivity contribution is 5.64. The molecule has 0 N–H and O–H groups in total. The average Bonchev–Trinajstić information content (AvgIpc) is 2.48. The predicted octanol–water partition coefficient (Wildman–Crippen LogP) is 3.32. The lowest BCUT2D eigenvalue weighted by atomic mass is 9.97. The van der Waals surface area contributed by atoms with Crippen LogP contribution in [0.15, 0.2) is 16.8 Å². The van der Waals surface area contributed by atoms with Crippen LogP contribution >= 0.6 is 0 Å². The molecule has 1 heteroatoms. The molecule has 0 aromatic rings. The summed E-state index contributed by atoms with van der Waals surface area (Å²) in [5.74, 6) is 0.797. The molecule has 66 valence electrons. The SMILES string of the molecule is C1=NC(C2CCCCCC2)=CC1. The van der Waals surface area contributed by atoms with Crippen molar-refractivity contribution in [3.63, 3.8) is 0 Å². The van der Waals surface area contributed by atoms with E-state index in [2.05, 4.69) is 11.1 Å². The highest BCUT2D eigenvalue weighted by Crippen LogP contribution is 2.30. The number of rotatable bonds is 1. The molecular formula is C11H17N. The average molecular weight is 163 g/mol. The molecule has 0 unspecified atom stereocenters. The Labute approximate surface area is 74.6 Å². The van der Waals surface area contributed by atoms with Gasteiger partial charge < -0.3 is 0 Å². The first-order chi connectivity index (χ1) is 5.97. The molecule has 1 fully saturated rings. The highest BCUT2D eigenvalue weighted by Gasteiger charge is 2.16. The van der Waals surface area contributed by atoms with Gasteiger partial charge in [-0.25, -0.2) is 0 Å². The molecule has 1 nitrogen and oxygen atoms in total. The van der Waals surface area contributed by atoms with E-state index in [-0.39, 0.29) is 0 Å². The molecule has 1 saturated carbocycles. The van der Waals surface area contributed by atoms with Crippen molar-refractivity contribution < 1.29 is 0 Å². The van der Waals surface area contributed by atoms with Crippen LogP contribution in [0.5, 0.6) is 0 Å². The van der Waals surface area contributed by atoms with Crippen LogP contribution in [0.3, 0.4) is 0 Å². The Kier molecular flexibility index (Phi) is 2.60. The fourth-order valence-electron chi connectivity index (χ4n) is 2.23. The summed E-state index contributed by atoms with van der Waals surface area (Å²) in [6, 6.07) is 0. The zero-order chi connectivity index (χ0) is 8.23. The molecule has 0 atom stereocenters. The second kappa shape index (κ2) is 3.88. The first-order valence-corrected chi connectivity index (χ1v) is 5.19. The van der Waals surface area contributed by atoms with Crippen LogP contribution in [-0.2, 0) is 0 Å². The summed E-state index contributed by atoms with van der Waals surface area (Å²) in [7, 11) is 0. The van der Waals surface area contributed by atoms with Crippen LogP contribution in [0.1, 0.15) is 44.9 Å². The normalized spacial score (nSPS) is 25.5. The van der Waals surface area contributed by atoms with Crippen molar-refractivity contribution >= 4 is 6.21 Å². The van der Waals surface area contributed by atoms with Crippen molar-refractivity contribution in [3.05, 3.63) is 11.8 Å². The largest absolute Gasteiger partial charge is 0.265 e. The molecule has 1 aliphatic heterocycles. The number of allylic oxidation sites excluding steroid dienone is 2. The Bertz CT molecular complexity index is 195. The van der Waals surface area contributed by atoms with Gasteiger partial charge >= 0.3 is 0 Å². The van der Waals surface area contributed by atoms with Crippen molar-refractivity contribution in [2.24, 2.45) is 10.9 Å². The molecule has 0 aromatic carbocycles. The monoisotopic (exact) mass is 163 g/mol. The van der Waals surface area contributed by atoms with Gasteiger partial charge in [-0.05, 0) is 12.8 Å². The summed E-state index contributed by atoms with van der Waals surface area (Å²) in [5, 5.41) is 0. The van der Waals surface area contributed by atoms with E-state index in [0.717, 1.165) is 12.3 Å². The molecule has 2 rings (SSSR count). The van der Waals surface area contributed by atoms with Crippen molar-refractivity contribution in [2.75, 3.05) is 0 Å². The lowest BCUT2D eigenvalue weighted by molar-refractivity contribution is 0.527. The quantitative estimate of drug-likeness (QED) is 0.526. The third-order valence-corrected chi connectivity index (χ3v) is 2.95. The van der Waals surface area contributed by atoms with Gasteiger partial charge in [0, 0.05) is 24.3 Å². The minimum Gasteiger partial charge on any atom is -0.265 e. The van der Waals surface area contributed by atoms with Gasteiger partial charge in [0.25, 0.3) is 0 Å². The Morgan fingerprint density at radius 2 is 1.83 bits per heavy atom. The Morgan fingerprint density at radius 1 is 1.08 bits per heavy atom. The fourth-order valence-corrected chi connectivity index (χ4v) is 2.23. The molecule has 0 aromatic heterocycles. The summed E-state index contributed by atoms with van der Waals surface area (Å²) >= 11 is 0. The van der Waals surface area contributed by atoms with Gasteiger partial charge in [0.05, 0.1) is 0 Å². The minimum absolute atomic E-state index is 0.797. The van der Waals surface area contributed by atoms with E-state index >= 15 is 0 Å². The van der Waals surface area contributed by atoms with Gasteiger partial charge in [-0.2, -0.15) is 0 Å². The Hall–Kier alpha value is -0.590. The van der Waals surface area contributed by atoms with Gasteiger partial charge in [-0.15, -0.1) is 0 Å². The number of hydrogen-bond donors (Lipinski definition) is 0. The Morgan fingerprint density at radius 3 is 2.42 bits per heavy atom. The molecule has 0 amide bonds. The van der Waals surface area contributed by atoms with Crippen LogP contribution in [0.4, 0.5) is 0 Å². The molecule has 1 aliphatic carbocycles. The van der Waals surface area contributed by atoms with Crippen molar-refractivity contribution in [1.82, 2.24) is 0 Å². The van der Waals surface area contributed by atoms with Crippen molar-refractivity contribution in [3.8, 4) is 0 Å². The fraction of sp³-hybridized carbons (Fsp3) is 0.727. The number of aliphatic imine (C=N–C) groups is 1. The minimum atomic E-state index is 0.797. The zero-order valence-electron chi connectivity index (χ0n) is 7.63. The maximum atomic E-state index is 4.44. The maximum Gasteiger partial charge on any atom is 0.0394 e. The van der Waals surface area contributed by atoms with E-state index in [1.807, 2.05) is 6.21 Å². The molecule has 12 heavy (non-hydrogen) atoms. The number of hydrogen-bond acceptors (Lipinski definition) is 1. The standard InChI is InChI=1S/C11H17N/c1-2-4-7-10(6-3-1)11-8-5-9-12-11/h8-10H,1-7H2. The van der Waals surface area contributed by atoms with Crippen LogP contribution < -0.4 is 0 Å². The summed E-state index contributed by atoms with van der Waals surface area (Å²) < 4.78 is 0. The number of nitrogens with zero attached hydrogens (tertiary/aromatic N) is 1. The zero-order valence-corrected chi connectivity index (χ0v) is 7.63. The summed E-state index contributed by atoms with van der Waals surface area (Å²) in [6.45, 7) is 0. The third-order valence-electron chi connectivity index (χ3n) is 2.95. The first kappa shape index (κ1) is 8.03. The van der Waals surface area contributed by atoms with Crippen LogP contribution in [0, 0.1) is 5.92 Å². The lowest BCUT2D eigenvalue weighted by Gasteiger charge is -2.12. The van der Waals surface area contributed by atoms with E-state index in [1.165, 1.54) is 44.2 Å². The van der Waals surface area contributed by atoms with E-state index in [9.17, 15) is 0 Å². The molecule has 2 aliphatic rings. The van der Waals surface area contributed by atoms with E-state index < -0.39 is 0 Å². The molecule has 0 spiro atoms. The van der Waals surface area contributed by atoms with Gasteiger partial charge in [0.15, 0.2) is 0 Å². The molecule has 1 heterocycles. The van der Waals surface area contributed by atoms with Crippen molar-refractivity contribution in [2.45, 2.75) is 44.9 Å². The summed E-state index contributed by atoms with van der Waals surface area (Å²) in [4.78, 5) is 4.44. The maximum absolute atomic E-state index is 4.44. The molecular weight excluding hydrogens is 146 g/mol. The highest BCUT2D eigenvalue weighted by atomic mass is 14.8. The summed E-state index contributed by atoms with van der Waals surface area (Å²) in [6.07, 6.45) is 13.9. The van der Waals surface area contributed by atoms with E-state index in [1.54, 1.807) is 0 Å². The second-order valence-corrected chi connectivity index (χ2v) is 3.86.